The number of nitrogens with zero attached hydrogens (tertiary/aromatic N) is 1. The molecule has 1 aromatic heterocycles. The van der Waals surface area contributed by atoms with Crippen molar-refractivity contribution in [3.05, 3.63) is 179 Å². The Hall–Kier alpha value is -6.14. The number of carbonyl (C=O) groups excluding carboxylic acids is 1. The Bertz CT molecular complexity index is 2220. The van der Waals surface area contributed by atoms with Crippen LogP contribution in [0.4, 0.5) is 0 Å². The zero-order valence-corrected chi connectivity index (χ0v) is 25.5. The van der Waals surface area contributed by atoms with Gasteiger partial charge in [-0.1, -0.05) is 103 Å². The molecular formula is C41H31NO5. The van der Waals surface area contributed by atoms with Gasteiger partial charge in [-0.05, 0) is 64.4 Å². The van der Waals surface area contributed by atoms with Gasteiger partial charge in [0.2, 0.25) is 0 Å². The SMILES string of the molecule is O=C(O)c1cccc(Cn2c(COc3ccc4ccccc4c3)c(C(=O)c3ccccc3)c3cc(OCc4ccccc4)ccc32)c1. The smallest absolute Gasteiger partial charge is 0.335 e. The minimum atomic E-state index is -0.996. The number of fused-ring (bicyclic) bond motifs is 2. The maximum Gasteiger partial charge on any atom is 0.335 e. The third-order valence-electron chi connectivity index (χ3n) is 8.27. The van der Waals surface area contributed by atoms with E-state index in [0.29, 0.717) is 41.5 Å². The molecule has 0 atom stereocenters. The maximum absolute atomic E-state index is 14.4. The zero-order chi connectivity index (χ0) is 32.2. The summed E-state index contributed by atoms with van der Waals surface area (Å²) >= 11 is 0. The first-order valence-electron chi connectivity index (χ1n) is 15.4. The summed E-state index contributed by atoms with van der Waals surface area (Å²) in [5.74, 6) is 0.184. The number of hydrogen-bond donors (Lipinski definition) is 1. The molecule has 0 bridgehead atoms. The van der Waals surface area contributed by atoms with Gasteiger partial charge in [0.1, 0.15) is 24.7 Å². The maximum atomic E-state index is 14.4. The lowest BCUT2D eigenvalue weighted by Gasteiger charge is -2.14. The van der Waals surface area contributed by atoms with Gasteiger partial charge in [-0.3, -0.25) is 4.79 Å². The molecule has 6 nitrogen and oxygen atoms in total. The normalized spacial score (nSPS) is 11.1. The van der Waals surface area contributed by atoms with E-state index < -0.39 is 5.97 Å². The molecule has 7 aromatic rings. The first-order chi connectivity index (χ1) is 23.0. The molecule has 0 aliphatic rings. The summed E-state index contributed by atoms with van der Waals surface area (Å²) < 4.78 is 14.7. The monoisotopic (exact) mass is 617 g/mol. The van der Waals surface area contributed by atoms with Crippen LogP contribution in [0, 0.1) is 0 Å². The molecule has 0 saturated heterocycles. The van der Waals surface area contributed by atoms with E-state index in [-0.39, 0.29) is 18.0 Å². The second kappa shape index (κ2) is 13.1. The Morgan fingerprint density at radius 2 is 1.21 bits per heavy atom. The van der Waals surface area contributed by atoms with Gasteiger partial charge in [-0.15, -0.1) is 0 Å². The summed E-state index contributed by atoms with van der Waals surface area (Å²) in [5, 5.41) is 12.6. The molecule has 1 N–H and O–H groups in total. The van der Waals surface area contributed by atoms with Crippen molar-refractivity contribution < 1.29 is 24.2 Å². The summed E-state index contributed by atoms with van der Waals surface area (Å²) in [7, 11) is 0. The van der Waals surface area contributed by atoms with Crippen LogP contribution in [0.5, 0.6) is 11.5 Å². The summed E-state index contributed by atoms with van der Waals surface area (Å²) in [6.07, 6.45) is 0. The van der Waals surface area contributed by atoms with Gasteiger partial charge >= 0.3 is 5.97 Å². The number of carboxylic acid groups (broad SMARTS) is 1. The molecule has 0 spiro atoms. The fourth-order valence-electron chi connectivity index (χ4n) is 5.93. The van der Waals surface area contributed by atoms with Crippen molar-refractivity contribution in [1.29, 1.82) is 0 Å². The number of rotatable bonds is 11. The highest BCUT2D eigenvalue weighted by Crippen LogP contribution is 2.34. The number of carboxylic acids is 1. The standard InChI is InChI=1S/C41H31NO5/c43-40(31-14-5-2-6-15-31)39-36-24-35(46-26-28-10-3-1-4-11-28)20-21-37(36)42(25-29-12-9-17-33(22-29)41(44)45)38(39)27-47-34-19-18-30-13-7-8-16-32(30)23-34/h1-24H,25-27H2,(H,44,45). The number of aromatic carboxylic acids is 1. The van der Waals surface area contributed by atoms with Crippen LogP contribution in [0.1, 0.15) is 43.1 Å². The van der Waals surface area contributed by atoms with E-state index in [1.54, 1.807) is 18.2 Å². The first kappa shape index (κ1) is 29.6. The Labute approximate surface area is 272 Å². The van der Waals surface area contributed by atoms with E-state index >= 15 is 0 Å². The Morgan fingerprint density at radius 1 is 0.574 bits per heavy atom. The Morgan fingerprint density at radius 3 is 2.00 bits per heavy atom. The van der Waals surface area contributed by atoms with E-state index in [2.05, 4.69) is 10.6 Å². The molecule has 0 radical (unpaired) electrons. The number of carbonyl (C=O) groups is 2. The van der Waals surface area contributed by atoms with Gasteiger partial charge in [-0.2, -0.15) is 0 Å². The topological polar surface area (TPSA) is 77.8 Å². The molecule has 47 heavy (non-hydrogen) atoms. The quantitative estimate of drug-likeness (QED) is 0.147. The lowest BCUT2D eigenvalue weighted by Crippen LogP contribution is -2.12. The largest absolute Gasteiger partial charge is 0.489 e. The zero-order valence-electron chi connectivity index (χ0n) is 25.5. The van der Waals surface area contributed by atoms with Gasteiger partial charge in [0, 0.05) is 23.0 Å². The molecule has 0 unspecified atom stereocenters. The Kier molecular flexibility index (Phi) is 8.22. The molecule has 0 amide bonds. The van der Waals surface area contributed by atoms with Crippen LogP contribution < -0.4 is 9.47 Å². The van der Waals surface area contributed by atoms with Gasteiger partial charge in [0.25, 0.3) is 0 Å². The highest BCUT2D eigenvalue weighted by Gasteiger charge is 2.25. The molecule has 7 rings (SSSR count). The lowest BCUT2D eigenvalue weighted by molar-refractivity contribution is 0.0696. The molecule has 0 fully saturated rings. The first-order valence-corrected chi connectivity index (χ1v) is 15.4. The molecule has 6 aromatic carbocycles. The molecule has 6 heteroatoms. The van der Waals surface area contributed by atoms with Crippen LogP contribution in [0.2, 0.25) is 0 Å². The number of ether oxygens (including phenoxy) is 2. The molecule has 230 valence electrons. The van der Waals surface area contributed by atoms with Crippen LogP contribution >= 0.6 is 0 Å². The summed E-state index contributed by atoms with van der Waals surface area (Å²) in [6.45, 7) is 0.828. The van der Waals surface area contributed by atoms with Crippen molar-refractivity contribution in [2.45, 2.75) is 19.8 Å². The molecule has 1 heterocycles. The third-order valence-corrected chi connectivity index (χ3v) is 8.27. The van der Waals surface area contributed by atoms with Gasteiger partial charge in [-0.25, -0.2) is 4.79 Å². The molecule has 0 aliphatic carbocycles. The number of aromatic nitrogens is 1. The lowest BCUT2D eigenvalue weighted by atomic mass is 10.00. The number of benzene rings is 6. The van der Waals surface area contributed by atoms with E-state index in [1.165, 1.54) is 0 Å². The average molecular weight is 618 g/mol. The second-order valence-corrected chi connectivity index (χ2v) is 11.4. The predicted molar refractivity (Wildman–Crippen MR) is 183 cm³/mol. The fraction of sp³-hybridized carbons (Fsp3) is 0.0732. The van der Waals surface area contributed by atoms with Crippen LogP contribution in [0.3, 0.4) is 0 Å². The van der Waals surface area contributed by atoms with Gasteiger partial charge < -0.3 is 19.1 Å². The van der Waals surface area contributed by atoms with Gasteiger partial charge in [0.05, 0.1) is 16.8 Å². The van der Waals surface area contributed by atoms with Crippen LogP contribution in [-0.4, -0.2) is 21.4 Å². The van der Waals surface area contributed by atoms with Crippen molar-refractivity contribution in [3.8, 4) is 11.5 Å². The van der Waals surface area contributed by atoms with Crippen molar-refractivity contribution in [2.24, 2.45) is 0 Å². The van der Waals surface area contributed by atoms with E-state index in [9.17, 15) is 14.7 Å². The third kappa shape index (κ3) is 6.35. The van der Waals surface area contributed by atoms with Crippen molar-refractivity contribution in [1.82, 2.24) is 4.57 Å². The van der Waals surface area contributed by atoms with Crippen molar-refractivity contribution in [2.75, 3.05) is 0 Å². The van der Waals surface area contributed by atoms with E-state index in [4.69, 9.17) is 9.47 Å². The van der Waals surface area contributed by atoms with Crippen LogP contribution in [0.15, 0.2) is 146 Å². The molecule has 0 aliphatic heterocycles. The second-order valence-electron chi connectivity index (χ2n) is 11.4. The van der Waals surface area contributed by atoms with Gasteiger partial charge in [0.15, 0.2) is 5.78 Å². The summed E-state index contributed by atoms with van der Waals surface area (Å²) in [6, 6.07) is 45.8. The highest BCUT2D eigenvalue weighted by atomic mass is 16.5. The van der Waals surface area contributed by atoms with Crippen LogP contribution in [0.25, 0.3) is 21.7 Å². The average Bonchev–Trinajstić information content (AvgIpc) is 3.42. The van der Waals surface area contributed by atoms with Crippen molar-refractivity contribution in [3.63, 3.8) is 0 Å². The number of hydrogen-bond acceptors (Lipinski definition) is 4. The van der Waals surface area contributed by atoms with E-state index in [1.807, 2.05) is 121 Å². The molecule has 0 saturated carbocycles. The van der Waals surface area contributed by atoms with Crippen molar-refractivity contribution >= 4 is 33.4 Å². The summed E-state index contributed by atoms with van der Waals surface area (Å²) in [4.78, 5) is 26.2. The minimum Gasteiger partial charge on any atom is -0.489 e. The number of ketones is 1. The fourth-order valence-corrected chi connectivity index (χ4v) is 5.93. The molecular weight excluding hydrogens is 586 g/mol. The summed E-state index contributed by atoms with van der Waals surface area (Å²) in [5.41, 5.74) is 4.60. The van der Waals surface area contributed by atoms with Crippen LogP contribution in [-0.2, 0) is 19.8 Å². The Balaban J connectivity index is 1.36. The highest BCUT2D eigenvalue weighted by molar-refractivity contribution is 6.17. The predicted octanol–water partition coefficient (Wildman–Crippen LogP) is 8.93. The minimum absolute atomic E-state index is 0.111. The van der Waals surface area contributed by atoms with E-state index in [0.717, 1.165) is 32.8 Å².